The van der Waals surface area contributed by atoms with Crippen molar-refractivity contribution in [2.24, 2.45) is 17.8 Å². The number of methoxy groups -OCH3 is 1. The number of aliphatic hydroxyl groups is 2. The summed E-state index contributed by atoms with van der Waals surface area (Å²) in [6, 6.07) is 3.63. The second-order valence-corrected chi connectivity index (χ2v) is 11.8. The molecule has 1 heterocycles. The fraction of sp³-hybridized carbons (Fsp3) is 0.567. The Morgan fingerprint density at radius 3 is 2.55 bits per heavy atom. The van der Waals surface area contributed by atoms with Crippen LogP contribution in [0.2, 0.25) is 0 Å². The van der Waals surface area contributed by atoms with Gasteiger partial charge in [0.25, 0.3) is 0 Å². The van der Waals surface area contributed by atoms with Crippen LogP contribution >= 0.6 is 22.6 Å². The van der Waals surface area contributed by atoms with Crippen molar-refractivity contribution in [3.63, 3.8) is 0 Å². The van der Waals surface area contributed by atoms with Crippen molar-refractivity contribution in [2.75, 3.05) is 20.3 Å². The Balaban J connectivity index is 1.71. The lowest BCUT2D eigenvalue weighted by Gasteiger charge is -2.35. The molecule has 40 heavy (non-hydrogen) atoms. The van der Waals surface area contributed by atoms with E-state index in [0.29, 0.717) is 53.4 Å². The summed E-state index contributed by atoms with van der Waals surface area (Å²) in [5.41, 5.74) is 3.48. The molecular weight excluding hydrogens is 629 g/mol. The first-order valence-corrected chi connectivity index (χ1v) is 14.9. The molecule has 10 heteroatoms. The minimum absolute atomic E-state index is 0.0570. The van der Waals surface area contributed by atoms with Crippen LogP contribution in [0, 0.1) is 21.3 Å². The number of phenolic OH excluding ortho intramolecular Hbond substituents is 1. The molecule has 1 aromatic carbocycles. The van der Waals surface area contributed by atoms with Gasteiger partial charge in [-0.05, 0) is 91.3 Å². The maximum atomic E-state index is 13.3. The summed E-state index contributed by atoms with van der Waals surface area (Å²) in [4.78, 5) is 38.5. The highest BCUT2D eigenvalue weighted by Crippen LogP contribution is 2.46. The Labute approximate surface area is 249 Å². The van der Waals surface area contributed by atoms with E-state index < -0.39 is 29.8 Å². The van der Waals surface area contributed by atoms with E-state index in [2.05, 4.69) is 22.6 Å². The minimum Gasteiger partial charge on any atom is -0.504 e. The lowest BCUT2D eigenvalue weighted by atomic mass is 9.68. The Kier molecular flexibility index (Phi) is 11.6. The van der Waals surface area contributed by atoms with Crippen molar-refractivity contribution < 1.29 is 39.5 Å². The van der Waals surface area contributed by atoms with Crippen LogP contribution in [0.1, 0.15) is 70.8 Å². The number of hydrogen-bond donors (Lipinski definition) is 4. The largest absolute Gasteiger partial charge is 0.504 e. The predicted octanol–water partition coefficient (Wildman–Crippen LogP) is 4.51. The highest BCUT2D eigenvalue weighted by atomic mass is 127. The summed E-state index contributed by atoms with van der Waals surface area (Å²) < 4.78 is 5.94. The highest BCUT2D eigenvalue weighted by molar-refractivity contribution is 14.1. The number of amides is 2. The standard InChI is InChI=1S/C30H40INO8/c1-4-18(13-19-14-22(31)28(37)24(15-19)40-3)9-10-23(34)26-17(2)12-20-27(21(26)16-33)30(39)32(29(20)38)11-7-5-6-8-25(35)36/h13-15,20-21,23,27,33-34,37H,4-12,16H2,1-3H3,(H,35,36)/b18-13+/t20-,21+,23-,27-/m1/s1. The van der Waals surface area contributed by atoms with Gasteiger partial charge in [0.05, 0.1) is 35.2 Å². The number of carbonyl (C=O) groups is 3. The number of carboxylic acids is 1. The zero-order valence-electron chi connectivity index (χ0n) is 23.4. The maximum Gasteiger partial charge on any atom is 0.303 e. The number of unbranched alkanes of at least 4 members (excludes halogenated alkanes) is 2. The van der Waals surface area contributed by atoms with Crippen molar-refractivity contribution >= 4 is 46.5 Å². The third kappa shape index (κ3) is 7.25. The molecular formula is C30H40INO8. The molecule has 0 aromatic heterocycles. The van der Waals surface area contributed by atoms with Crippen LogP contribution in [-0.4, -0.2) is 69.5 Å². The minimum atomic E-state index is -0.866. The lowest BCUT2D eigenvalue weighted by Crippen LogP contribution is -2.39. The van der Waals surface area contributed by atoms with E-state index in [9.17, 15) is 29.7 Å². The molecule has 0 saturated carbocycles. The maximum absolute atomic E-state index is 13.3. The summed E-state index contributed by atoms with van der Waals surface area (Å²) in [5.74, 6) is -2.80. The molecule has 1 fully saturated rings. The van der Waals surface area contributed by atoms with Crippen molar-refractivity contribution in [3.05, 3.63) is 38.0 Å². The van der Waals surface area contributed by atoms with Gasteiger partial charge in [0.2, 0.25) is 11.8 Å². The number of benzene rings is 1. The van der Waals surface area contributed by atoms with E-state index in [0.717, 1.165) is 23.1 Å². The molecule has 4 atom stereocenters. The zero-order chi connectivity index (χ0) is 29.6. The summed E-state index contributed by atoms with van der Waals surface area (Å²) in [6.45, 7) is 3.81. The SMILES string of the molecule is CC/C(=C\c1cc(I)c(O)c(OC)c1)CC[C@@H](O)C1=C(C)C[C@H]2C(=O)N(CCCCCC(=O)O)C(=O)[C@H]2[C@H]1CO. The predicted molar refractivity (Wildman–Crippen MR) is 159 cm³/mol. The normalized spacial score (nSPS) is 22.1. The van der Waals surface area contributed by atoms with Gasteiger partial charge in [-0.2, -0.15) is 0 Å². The molecule has 1 aliphatic heterocycles. The van der Waals surface area contributed by atoms with Crippen LogP contribution < -0.4 is 4.74 Å². The molecule has 0 radical (unpaired) electrons. The first-order chi connectivity index (χ1) is 19.0. The number of halogens is 1. The second kappa shape index (κ2) is 14.5. The van der Waals surface area contributed by atoms with Crippen LogP contribution in [0.25, 0.3) is 6.08 Å². The van der Waals surface area contributed by atoms with Crippen molar-refractivity contribution in [1.82, 2.24) is 4.90 Å². The molecule has 220 valence electrons. The summed E-state index contributed by atoms with van der Waals surface area (Å²) in [6.07, 6.45) is 4.97. The van der Waals surface area contributed by atoms with E-state index in [1.165, 1.54) is 12.0 Å². The van der Waals surface area contributed by atoms with E-state index >= 15 is 0 Å². The molecule has 2 amide bonds. The third-order valence-corrected chi connectivity index (χ3v) is 8.90. The van der Waals surface area contributed by atoms with E-state index in [-0.39, 0.29) is 37.1 Å². The molecule has 9 nitrogen and oxygen atoms in total. The second-order valence-electron chi connectivity index (χ2n) is 10.7. The van der Waals surface area contributed by atoms with Gasteiger partial charge in [-0.25, -0.2) is 0 Å². The number of imide groups is 1. The number of phenols is 1. The van der Waals surface area contributed by atoms with Gasteiger partial charge in [0.15, 0.2) is 11.5 Å². The average molecular weight is 670 g/mol. The van der Waals surface area contributed by atoms with Crippen LogP contribution in [0.15, 0.2) is 28.9 Å². The summed E-state index contributed by atoms with van der Waals surface area (Å²) >= 11 is 2.05. The van der Waals surface area contributed by atoms with Gasteiger partial charge in [0.1, 0.15) is 0 Å². The smallest absolute Gasteiger partial charge is 0.303 e. The number of carbonyl (C=O) groups excluding carboxylic acids is 2. The number of hydrogen-bond acceptors (Lipinski definition) is 7. The van der Waals surface area contributed by atoms with Gasteiger partial charge in [-0.3, -0.25) is 19.3 Å². The topological polar surface area (TPSA) is 145 Å². The Morgan fingerprint density at radius 1 is 1.20 bits per heavy atom. The zero-order valence-corrected chi connectivity index (χ0v) is 25.5. The fourth-order valence-corrected chi connectivity index (χ4v) is 6.65. The number of fused-ring (bicyclic) bond motifs is 1. The number of rotatable bonds is 14. The molecule has 0 bridgehead atoms. The summed E-state index contributed by atoms with van der Waals surface area (Å²) in [7, 11) is 1.50. The van der Waals surface area contributed by atoms with Gasteiger partial charge in [-0.1, -0.05) is 30.6 Å². The quantitative estimate of drug-likeness (QED) is 0.0981. The van der Waals surface area contributed by atoms with Crippen LogP contribution in [0.5, 0.6) is 11.5 Å². The first-order valence-electron chi connectivity index (χ1n) is 13.8. The van der Waals surface area contributed by atoms with Crippen molar-refractivity contribution in [2.45, 2.75) is 71.3 Å². The van der Waals surface area contributed by atoms with Gasteiger partial charge >= 0.3 is 5.97 Å². The van der Waals surface area contributed by atoms with Gasteiger partial charge in [0, 0.05) is 18.9 Å². The molecule has 1 aromatic rings. The van der Waals surface area contributed by atoms with E-state index in [4.69, 9.17) is 9.84 Å². The third-order valence-electron chi connectivity index (χ3n) is 8.08. The molecule has 0 unspecified atom stereocenters. The number of nitrogens with zero attached hydrogens (tertiary/aromatic N) is 1. The number of likely N-dealkylation sites (tertiary alicyclic amines) is 1. The molecule has 2 aliphatic rings. The molecule has 4 N–H and O–H groups in total. The molecule has 1 saturated heterocycles. The first kappa shape index (κ1) is 32.1. The van der Waals surface area contributed by atoms with Crippen LogP contribution in [-0.2, 0) is 14.4 Å². The highest BCUT2D eigenvalue weighted by Gasteiger charge is 2.54. The number of aliphatic carboxylic acids is 1. The Hall–Kier alpha value is -2.44. The van der Waals surface area contributed by atoms with Crippen LogP contribution in [0.3, 0.4) is 0 Å². The molecule has 0 spiro atoms. The molecule has 1 aliphatic carbocycles. The van der Waals surface area contributed by atoms with E-state index in [1.54, 1.807) is 6.07 Å². The Bertz CT molecular complexity index is 1180. The lowest BCUT2D eigenvalue weighted by molar-refractivity contribution is -0.141. The summed E-state index contributed by atoms with van der Waals surface area (Å²) in [5, 5.41) is 40.6. The number of ether oxygens (including phenoxy) is 1. The monoisotopic (exact) mass is 669 g/mol. The Morgan fingerprint density at radius 2 is 1.93 bits per heavy atom. The molecule has 3 rings (SSSR count). The number of aliphatic hydroxyl groups excluding tert-OH is 2. The number of aromatic hydroxyl groups is 1. The average Bonchev–Trinajstić information content (AvgIpc) is 3.15. The van der Waals surface area contributed by atoms with Gasteiger partial charge < -0.3 is 25.2 Å². The van der Waals surface area contributed by atoms with Crippen molar-refractivity contribution in [1.29, 1.82) is 0 Å². The van der Waals surface area contributed by atoms with Gasteiger partial charge in [-0.15, -0.1) is 0 Å². The number of allylic oxidation sites excluding steroid dienone is 2. The van der Waals surface area contributed by atoms with E-state index in [1.807, 2.05) is 26.0 Å². The van der Waals surface area contributed by atoms with Crippen molar-refractivity contribution in [3.8, 4) is 11.5 Å². The fourth-order valence-electron chi connectivity index (χ4n) is 6.02. The number of carboxylic acid groups (broad SMARTS) is 1. The van der Waals surface area contributed by atoms with Crippen LogP contribution in [0.4, 0.5) is 0 Å².